The average molecular weight is 327 g/mol. The van der Waals surface area contributed by atoms with Crippen LogP contribution >= 0.6 is 0 Å². The van der Waals surface area contributed by atoms with Gasteiger partial charge in [0.15, 0.2) is 0 Å². The minimum atomic E-state index is -1.70. The van der Waals surface area contributed by atoms with Crippen LogP contribution in [0.2, 0.25) is 6.55 Å². The van der Waals surface area contributed by atoms with Gasteiger partial charge in [-0.2, -0.15) is 0 Å². The highest BCUT2D eigenvalue weighted by atomic mass is 28.3. The molecule has 0 atom stereocenters. The summed E-state index contributed by atoms with van der Waals surface area (Å²) >= 11 is 0. The Morgan fingerprint density at radius 2 is 0.955 bits per heavy atom. The van der Waals surface area contributed by atoms with E-state index in [1.165, 1.54) is 77.5 Å². The van der Waals surface area contributed by atoms with Gasteiger partial charge in [-0.15, -0.1) is 6.58 Å². The number of hydrogen-bond acceptors (Lipinski definition) is 2. The SMILES string of the molecule is C=C[Si](C)(N(CCCC)CCCC)N(CCCC)CCCC. The van der Waals surface area contributed by atoms with Gasteiger partial charge in [-0.1, -0.05) is 59.1 Å². The highest BCUT2D eigenvalue weighted by Gasteiger charge is 2.37. The number of nitrogens with zero attached hydrogens (tertiary/aromatic N) is 2. The predicted octanol–water partition coefficient (Wildman–Crippen LogP) is 5.59. The first-order valence-corrected chi connectivity index (χ1v) is 12.2. The van der Waals surface area contributed by atoms with Gasteiger partial charge < -0.3 is 9.13 Å². The lowest BCUT2D eigenvalue weighted by atomic mass is 10.3. The lowest BCUT2D eigenvalue weighted by Gasteiger charge is -2.45. The van der Waals surface area contributed by atoms with E-state index in [1.54, 1.807) is 0 Å². The van der Waals surface area contributed by atoms with E-state index in [0.717, 1.165) is 0 Å². The van der Waals surface area contributed by atoms with Crippen LogP contribution in [0.25, 0.3) is 0 Å². The average Bonchev–Trinajstić information content (AvgIpc) is 2.54. The van der Waals surface area contributed by atoms with Crippen LogP contribution < -0.4 is 0 Å². The first kappa shape index (κ1) is 21.9. The van der Waals surface area contributed by atoms with Gasteiger partial charge in [-0.3, -0.25) is 0 Å². The van der Waals surface area contributed by atoms with Crippen molar-refractivity contribution in [2.75, 3.05) is 26.2 Å². The maximum Gasteiger partial charge on any atom is 0.228 e. The minimum absolute atomic E-state index is 1.25. The third-order valence-corrected chi connectivity index (χ3v) is 9.02. The quantitative estimate of drug-likeness (QED) is 0.362. The summed E-state index contributed by atoms with van der Waals surface area (Å²) in [5.74, 6) is 0. The van der Waals surface area contributed by atoms with Gasteiger partial charge in [0.05, 0.1) is 0 Å². The van der Waals surface area contributed by atoms with Crippen molar-refractivity contribution in [3.8, 4) is 0 Å². The molecule has 0 aliphatic rings. The molecular formula is C19H42N2Si. The van der Waals surface area contributed by atoms with Crippen LogP contribution in [0, 0.1) is 0 Å². The molecule has 0 amide bonds. The zero-order valence-electron chi connectivity index (χ0n) is 16.2. The summed E-state index contributed by atoms with van der Waals surface area (Å²) in [7, 11) is -1.70. The monoisotopic (exact) mass is 326 g/mol. The Bertz CT molecular complexity index is 232. The molecule has 0 aliphatic carbocycles. The number of unbranched alkanes of at least 4 members (excludes halogenated alkanes) is 4. The smallest absolute Gasteiger partial charge is 0.228 e. The van der Waals surface area contributed by atoms with Crippen LogP contribution in [0.3, 0.4) is 0 Å². The van der Waals surface area contributed by atoms with Crippen molar-refractivity contribution in [2.24, 2.45) is 0 Å². The molecule has 0 unspecified atom stereocenters. The molecule has 132 valence electrons. The molecule has 0 saturated heterocycles. The fourth-order valence-electron chi connectivity index (χ4n) is 2.98. The lowest BCUT2D eigenvalue weighted by molar-refractivity contribution is 0.315. The van der Waals surface area contributed by atoms with E-state index in [9.17, 15) is 0 Å². The summed E-state index contributed by atoms with van der Waals surface area (Å²) in [5.41, 5.74) is 2.34. The summed E-state index contributed by atoms with van der Waals surface area (Å²) in [6, 6.07) is 0. The van der Waals surface area contributed by atoms with Gasteiger partial charge in [0.1, 0.15) is 0 Å². The largest absolute Gasteiger partial charge is 0.309 e. The Kier molecular flexibility index (Phi) is 13.3. The summed E-state index contributed by atoms with van der Waals surface area (Å²) in [5, 5.41) is 0. The standard InChI is InChI=1S/C19H42N2Si/c1-7-12-16-20(17-13-8-2)22(6,11-5)21(18-14-9-3)19-15-10-4/h11H,5,7-10,12-19H2,1-4,6H3. The molecule has 3 heteroatoms. The van der Waals surface area contributed by atoms with Gasteiger partial charge in [0, 0.05) is 0 Å². The minimum Gasteiger partial charge on any atom is -0.309 e. The second-order valence-electron chi connectivity index (χ2n) is 6.69. The zero-order valence-corrected chi connectivity index (χ0v) is 17.2. The predicted molar refractivity (Wildman–Crippen MR) is 105 cm³/mol. The molecule has 0 aromatic heterocycles. The molecule has 0 aliphatic heterocycles. The number of rotatable bonds is 15. The van der Waals surface area contributed by atoms with Crippen LogP contribution in [0.15, 0.2) is 12.3 Å². The molecule has 0 heterocycles. The van der Waals surface area contributed by atoms with E-state index >= 15 is 0 Å². The number of hydrogen-bond donors (Lipinski definition) is 0. The highest BCUT2D eigenvalue weighted by molar-refractivity contribution is 6.78. The van der Waals surface area contributed by atoms with Gasteiger partial charge in [-0.05, 0) is 58.4 Å². The third-order valence-electron chi connectivity index (χ3n) is 4.79. The second kappa shape index (κ2) is 13.3. The van der Waals surface area contributed by atoms with Crippen molar-refractivity contribution < 1.29 is 0 Å². The van der Waals surface area contributed by atoms with Crippen LogP contribution in [0.5, 0.6) is 0 Å². The fraction of sp³-hybridized carbons (Fsp3) is 0.895. The van der Waals surface area contributed by atoms with Crippen molar-refractivity contribution in [1.82, 2.24) is 9.13 Å². The molecule has 0 fully saturated rings. The van der Waals surface area contributed by atoms with E-state index in [0.29, 0.717) is 0 Å². The molecule has 0 saturated carbocycles. The molecule has 0 aromatic rings. The Labute approximate surface area is 142 Å². The Hall–Kier alpha value is -0.123. The Morgan fingerprint density at radius 3 is 1.14 bits per heavy atom. The maximum absolute atomic E-state index is 4.29. The molecule has 0 N–H and O–H groups in total. The fourth-order valence-corrected chi connectivity index (χ4v) is 6.34. The molecule has 0 bridgehead atoms. The van der Waals surface area contributed by atoms with Crippen molar-refractivity contribution in [2.45, 2.75) is 85.6 Å². The summed E-state index contributed by atoms with van der Waals surface area (Å²) in [6.07, 6.45) is 10.4. The third kappa shape index (κ3) is 7.43. The van der Waals surface area contributed by atoms with Crippen molar-refractivity contribution in [3.63, 3.8) is 0 Å². The van der Waals surface area contributed by atoms with Crippen LogP contribution in [-0.2, 0) is 0 Å². The highest BCUT2D eigenvalue weighted by Crippen LogP contribution is 2.20. The molecule has 0 radical (unpaired) electrons. The first-order chi connectivity index (χ1) is 10.6. The van der Waals surface area contributed by atoms with E-state index in [1.807, 2.05) is 0 Å². The Morgan fingerprint density at radius 1 is 0.682 bits per heavy atom. The van der Waals surface area contributed by atoms with Gasteiger partial charge >= 0.3 is 0 Å². The normalized spacial score (nSPS) is 12.3. The lowest BCUT2D eigenvalue weighted by Crippen LogP contribution is -2.63. The second-order valence-corrected chi connectivity index (χ2v) is 10.5. The van der Waals surface area contributed by atoms with Gasteiger partial charge in [-0.25, -0.2) is 0 Å². The van der Waals surface area contributed by atoms with E-state index in [2.05, 4.69) is 55.7 Å². The van der Waals surface area contributed by atoms with Crippen molar-refractivity contribution >= 4 is 8.40 Å². The molecular weight excluding hydrogens is 284 g/mol. The molecule has 0 spiro atoms. The first-order valence-electron chi connectivity index (χ1n) is 9.74. The van der Waals surface area contributed by atoms with Crippen LogP contribution in [-0.4, -0.2) is 43.7 Å². The Balaban J connectivity index is 5.12. The van der Waals surface area contributed by atoms with Crippen LogP contribution in [0.4, 0.5) is 0 Å². The summed E-state index contributed by atoms with van der Waals surface area (Å²) < 4.78 is 5.64. The van der Waals surface area contributed by atoms with Gasteiger partial charge in [0.2, 0.25) is 8.40 Å². The summed E-state index contributed by atoms with van der Waals surface area (Å²) in [6.45, 7) is 21.0. The van der Waals surface area contributed by atoms with E-state index in [-0.39, 0.29) is 0 Å². The van der Waals surface area contributed by atoms with E-state index in [4.69, 9.17) is 0 Å². The van der Waals surface area contributed by atoms with Crippen LogP contribution in [0.1, 0.15) is 79.1 Å². The molecule has 0 aromatic carbocycles. The topological polar surface area (TPSA) is 6.48 Å². The molecule has 22 heavy (non-hydrogen) atoms. The zero-order chi connectivity index (χ0) is 16.8. The maximum atomic E-state index is 4.29. The van der Waals surface area contributed by atoms with E-state index < -0.39 is 8.40 Å². The van der Waals surface area contributed by atoms with Crippen molar-refractivity contribution in [1.29, 1.82) is 0 Å². The molecule has 0 rings (SSSR count). The van der Waals surface area contributed by atoms with Gasteiger partial charge in [0.25, 0.3) is 0 Å². The molecule has 2 nitrogen and oxygen atoms in total. The summed E-state index contributed by atoms with van der Waals surface area (Å²) in [4.78, 5) is 0. The van der Waals surface area contributed by atoms with Crippen molar-refractivity contribution in [3.05, 3.63) is 12.3 Å².